The summed E-state index contributed by atoms with van der Waals surface area (Å²) in [7, 11) is 0. The highest BCUT2D eigenvalue weighted by Gasteiger charge is 2.34. The van der Waals surface area contributed by atoms with Gasteiger partial charge < -0.3 is 4.74 Å². The van der Waals surface area contributed by atoms with E-state index in [0.717, 1.165) is 12.1 Å². The van der Waals surface area contributed by atoms with Crippen molar-refractivity contribution in [3.8, 4) is 5.75 Å². The maximum absolute atomic E-state index is 12.6. The third-order valence-electron chi connectivity index (χ3n) is 1.55. The molecule has 78 valence electrons. The maximum atomic E-state index is 12.6. The van der Waals surface area contributed by atoms with Crippen LogP contribution in [0.3, 0.4) is 0 Å². The van der Waals surface area contributed by atoms with Crippen molar-refractivity contribution >= 4 is 0 Å². The van der Waals surface area contributed by atoms with Crippen LogP contribution in [0.1, 0.15) is 12.5 Å². The van der Waals surface area contributed by atoms with Crippen LogP contribution < -0.4 is 4.74 Å². The molecule has 1 aromatic rings. The third kappa shape index (κ3) is 2.37. The van der Waals surface area contributed by atoms with E-state index >= 15 is 0 Å². The van der Waals surface area contributed by atoms with E-state index in [1.807, 2.05) is 0 Å². The van der Waals surface area contributed by atoms with Gasteiger partial charge in [0.2, 0.25) is 0 Å². The average molecular weight is 208 g/mol. The molecule has 0 aromatic heterocycles. The second-order valence-electron chi connectivity index (χ2n) is 2.57. The summed E-state index contributed by atoms with van der Waals surface area (Å²) in [4.78, 5) is 0. The van der Waals surface area contributed by atoms with Crippen LogP contribution in [-0.4, -0.2) is 6.61 Å². The Kier molecular flexibility index (Phi) is 2.98. The quantitative estimate of drug-likeness (QED) is 0.678. The minimum atomic E-state index is -4.52. The largest absolute Gasteiger partial charge is 0.493 e. The zero-order valence-corrected chi connectivity index (χ0v) is 7.36. The van der Waals surface area contributed by atoms with Crippen LogP contribution in [0.5, 0.6) is 5.75 Å². The van der Waals surface area contributed by atoms with Crippen LogP contribution in [0.2, 0.25) is 0 Å². The normalized spacial score (nSPS) is 11.5. The summed E-state index contributed by atoms with van der Waals surface area (Å²) < 4.78 is 54.2. The fourth-order valence-electron chi connectivity index (χ4n) is 1.01. The van der Waals surface area contributed by atoms with E-state index in [1.54, 1.807) is 0 Å². The van der Waals surface area contributed by atoms with Crippen molar-refractivity contribution in [2.45, 2.75) is 13.1 Å². The summed E-state index contributed by atoms with van der Waals surface area (Å²) >= 11 is 0. The van der Waals surface area contributed by atoms with Gasteiger partial charge >= 0.3 is 6.18 Å². The summed E-state index contributed by atoms with van der Waals surface area (Å²) in [5, 5.41) is 0. The van der Waals surface area contributed by atoms with Gasteiger partial charge in [-0.15, -0.1) is 0 Å². The lowest BCUT2D eigenvalue weighted by Crippen LogP contribution is -2.08. The smallest absolute Gasteiger partial charge is 0.419 e. The standard InChI is InChI=1S/C9H8F4O/c1-2-14-8-5-6(10)3-4-7(8)9(11,12)13/h3-5H,2H2,1H3. The molecule has 14 heavy (non-hydrogen) atoms. The molecule has 0 atom stereocenters. The molecule has 0 aliphatic rings. The minimum absolute atomic E-state index is 0.0620. The Hall–Kier alpha value is -1.26. The fourth-order valence-corrected chi connectivity index (χ4v) is 1.01. The number of benzene rings is 1. The van der Waals surface area contributed by atoms with Crippen molar-refractivity contribution in [3.05, 3.63) is 29.6 Å². The molecule has 0 heterocycles. The maximum Gasteiger partial charge on any atom is 0.419 e. The Bertz CT molecular complexity index is 319. The van der Waals surface area contributed by atoms with Gasteiger partial charge in [-0.05, 0) is 19.1 Å². The minimum Gasteiger partial charge on any atom is -0.493 e. The number of hydrogen-bond acceptors (Lipinski definition) is 1. The first kappa shape index (κ1) is 10.8. The number of halogens is 4. The van der Waals surface area contributed by atoms with Crippen molar-refractivity contribution in [1.29, 1.82) is 0 Å². The van der Waals surface area contributed by atoms with E-state index < -0.39 is 23.3 Å². The van der Waals surface area contributed by atoms with Gasteiger partial charge in [0.25, 0.3) is 0 Å². The Morgan fingerprint density at radius 1 is 1.29 bits per heavy atom. The van der Waals surface area contributed by atoms with Crippen molar-refractivity contribution in [1.82, 2.24) is 0 Å². The van der Waals surface area contributed by atoms with Gasteiger partial charge in [-0.1, -0.05) is 0 Å². The molecule has 0 amide bonds. The van der Waals surface area contributed by atoms with Gasteiger partial charge in [0, 0.05) is 6.07 Å². The lowest BCUT2D eigenvalue weighted by Gasteiger charge is -2.12. The first-order chi connectivity index (χ1) is 6.45. The molecule has 0 N–H and O–H groups in total. The first-order valence-electron chi connectivity index (χ1n) is 3.94. The van der Waals surface area contributed by atoms with Gasteiger partial charge in [0.1, 0.15) is 11.6 Å². The monoisotopic (exact) mass is 208 g/mol. The van der Waals surface area contributed by atoms with Crippen LogP contribution in [0.15, 0.2) is 18.2 Å². The first-order valence-corrected chi connectivity index (χ1v) is 3.94. The molecular weight excluding hydrogens is 200 g/mol. The van der Waals surface area contributed by atoms with E-state index in [1.165, 1.54) is 6.92 Å². The summed E-state index contributed by atoms with van der Waals surface area (Å²) in [5.41, 5.74) is -0.958. The molecular formula is C9H8F4O. The number of hydrogen-bond donors (Lipinski definition) is 0. The van der Waals surface area contributed by atoms with Crippen molar-refractivity contribution in [2.24, 2.45) is 0 Å². The van der Waals surface area contributed by atoms with E-state index in [4.69, 9.17) is 0 Å². The molecule has 5 heteroatoms. The van der Waals surface area contributed by atoms with Gasteiger partial charge in [-0.2, -0.15) is 13.2 Å². The molecule has 0 saturated carbocycles. The SMILES string of the molecule is CCOc1cc(F)ccc1C(F)(F)F. The Morgan fingerprint density at radius 3 is 2.43 bits per heavy atom. The third-order valence-corrected chi connectivity index (χ3v) is 1.55. The van der Waals surface area contributed by atoms with Gasteiger partial charge in [-0.3, -0.25) is 0 Å². The Morgan fingerprint density at radius 2 is 1.93 bits per heavy atom. The van der Waals surface area contributed by atoms with Gasteiger partial charge in [-0.25, -0.2) is 4.39 Å². The van der Waals surface area contributed by atoms with E-state index in [-0.39, 0.29) is 6.61 Å². The Balaban J connectivity index is 3.15. The molecule has 0 aliphatic carbocycles. The topological polar surface area (TPSA) is 9.23 Å². The average Bonchev–Trinajstić information content (AvgIpc) is 2.02. The van der Waals surface area contributed by atoms with Crippen molar-refractivity contribution in [2.75, 3.05) is 6.61 Å². The molecule has 1 aromatic carbocycles. The van der Waals surface area contributed by atoms with Crippen LogP contribution in [0, 0.1) is 5.82 Å². The second kappa shape index (κ2) is 3.86. The van der Waals surface area contributed by atoms with E-state index in [9.17, 15) is 17.6 Å². The van der Waals surface area contributed by atoms with E-state index in [0.29, 0.717) is 6.07 Å². The van der Waals surface area contributed by atoms with Gasteiger partial charge in [0.05, 0.1) is 12.2 Å². The van der Waals surface area contributed by atoms with Crippen molar-refractivity contribution < 1.29 is 22.3 Å². The predicted molar refractivity (Wildman–Crippen MR) is 42.6 cm³/mol. The predicted octanol–water partition coefficient (Wildman–Crippen LogP) is 3.24. The van der Waals surface area contributed by atoms with Crippen LogP contribution in [0.4, 0.5) is 17.6 Å². The highest BCUT2D eigenvalue weighted by atomic mass is 19.4. The summed E-state index contributed by atoms with van der Waals surface area (Å²) in [6, 6.07) is 2.15. The Labute approximate surface area is 78.3 Å². The zero-order chi connectivity index (χ0) is 10.8. The summed E-state index contributed by atoms with van der Waals surface area (Å²) in [6.07, 6.45) is -4.52. The molecule has 0 unspecified atom stereocenters. The molecule has 0 fully saturated rings. The van der Waals surface area contributed by atoms with Crippen LogP contribution >= 0.6 is 0 Å². The van der Waals surface area contributed by atoms with Crippen LogP contribution in [-0.2, 0) is 6.18 Å². The fraction of sp³-hybridized carbons (Fsp3) is 0.333. The van der Waals surface area contributed by atoms with Gasteiger partial charge in [0.15, 0.2) is 0 Å². The zero-order valence-electron chi connectivity index (χ0n) is 7.36. The molecule has 0 aliphatic heterocycles. The van der Waals surface area contributed by atoms with Crippen LogP contribution in [0.25, 0.3) is 0 Å². The molecule has 0 radical (unpaired) electrons. The second-order valence-corrected chi connectivity index (χ2v) is 2.57. The lowest BCUT2D eigenvalue weighted by atomic mass is 10.2. The number of ether oxygens (including phenoxy) is 1. The number of rotatable bonds is 2. The molecule has 0 spiro atoms. The van der Waals surface area contributed by atoms with Crippen molar-refractivity contribution in [3.63, 3.8) is 0 Å². The summed E-state index contributed by atoms with van der Waals surface area (Å²) in [5.74, 6) is -1.22. The molecule has 0 bridgehead atoms. The highest BCUT2D eigenvalue weighted by Crippen LogP contribution is 2.36. The number of alkyl halides is 3. The highest BCUT2D eigenvalue weighted by molar-refractivity contribution is 5.36. The molecule has 1 nitrogen and oxygen atoms in total. The van der Waals surface area contributed by atoms with E-state index in [2.05, 4.69) is 4.74 Å². The molecule has 1 rings (SSSR count). The summed E-state index contributed by atoms with van der Waals surface area (Å²) in [6.45, 7) is 1.59. The molecule has 0 saturated heterocycles. The lowest BCUT2D eigenvalue weighted by molar-refractivity contribution is -0.138.